The zero-order valence-electron chi connectivity index (χ0n) is 14.6. The Labute approximate surface area is 154 Å². The van der Waals surface area contributed by atoms with Crippen LogP contribution in [0.5, 0.6) is 0 Å². The van der Waals surface area contributed by atoms with Crippen LogP contribution in [0.15, 0.2) is 48.5 Å². The van der Waals surface area contributed by atoms with Gasteiger partial charge in [-0.3, -0.25) is 4.79 Å². The van der Waals surface area contributed by atoms with Gasteiger partial charge in [-0.15, -0.1) is 0 Å². The Balaban J connectivity index is 1.90. The molecule has 5 heteroatoms. The fourth-order valence-electron chi connectivity index (χ4n) is 2.74. The maximum Gasteiger partial charge on any atom is 0.253 e. The predicted octanol–water partition coefficient (Wildman–Crippen LogP) is 3.01. The van der Waals surface area contributed by atoms with Crippen LogP contribution < -0.4 is 11.1 Å². The highest BCUT2D eigenvalue weighted by atomic mass is 35.5. The van der Waals surface area contributed by atoms with Crippen molar-refractivity contribution in [2.45, 2.75) is 44.9 Å². The number of hydrogen-bond acceptors (Lipinski definition) is 3. The minimum atomic E-state index is -1.23. The molecule has 2 aromatic carbocycles. The number of rotatable bonds is 7. The van der Waals surface area contributed by atoms with Crippen molar-refractivity contribution in [1.29, 1.82) is 0 Å². The Bertz CT molecular complexity index is 701. The summed E-state index contributed by atoms with van der Waals surface area (Å²) in [6, 6.07) is 14.9. The largest absolute Gasteiger partial charge is 0.378 e. The number of nitrogens with two attached hydrogens (primary N) is 1. The SMILES string of the molecule is C[C@H](Cc1ccc(C[C@@H](C)N)cc1)NC(=O)[C@H](O)c1cccc(Cl)c1. The van der Waals surface area contributed by atoms with Crippen molar-refractivity contribution in [1.82, 2.24) is 5.32 Å². The third-order valence-electron chi connectivity index (χ3n) is 3.92. The molecule has 2 rings (SSSR count). The molecule has 0 aliphatic heterocycles. The molecular formula is C20H25ClN2O2. The number of halogens is 1. The van der Waals surface area contributed by atoms with Crippen LogP contribution in [0.25, 0.3) is 0 Å². The minimum absolute atomic E-state index is 0.0967. The Hall–Kier alpha value is -1.88. The maximum absolute atomic E-state index is 12.2. The van der Waals surface area contributed by atoms with E-state index in [9.17, 15) is 9.90 Å². The average molecular weight is 361 g/mol. The highest BCUT2D eigenvalue weighted by Crippen LogP contribution is 2.18. The first-order valence-corrected chi connectivity index (χ1v) is 8.80. The molecule has 0 aliphatic rings. The van der Waals surface area contributed by atoms with Crippen LogP contribution in [-0.2, 0) is 17.6 Å². The topological polar surface area (TPSA) is 75.3 Å². The van der Waals surface area contributed by atoms with Crippen LogP contribution in [0.2, 0.25) is 5.02 Å². The molecule has 0 radical (unpaired) electrons. The van der Waals surface area contributed by atoms with E-state index in [1.807, 2.05) is 26.0 Å². The van der Waals surface area contributed by atoms with Crippen LogP contribution in [-0.4, -0.2) is 23.1 Å². The van der Waals surface area contributed by atoms with Crippen molar-refractivity contribution < 1.29 is 9.90 Å². The van der Waals surface area contributed by atoms with Gasteiger partial charge in [-0.1, -0.05) is 48.0 Å². The summed E-state index contributed by atoms with van der Waals surface area (Å²) >= 11 is 5.90. The fraction of sp³-hybridized carbons (Fsp3) is 0.350. The summed E-state index contributed by atoms with van der Waals surface area (Å²) in [6.07, 6.45) is 0.305. The number of carbonyl (C=O) groups excluding carboxylic acids is 1. The molecule has 0 heterocycles. The van der Waals surface area contributed by atoms with Gasteiger partial charge in [0.15, 0.2) is 6.10 Å². The van der Waals surface area contributed by atoms with Crippen LogP contribution >= 0.6 is 11.6 Å². The molecule has 0 bridgehead atoms. The van der Waals surface area contributed by atoms with Crippen molar-refractivity contribution in [3.63, 3.8) is 0 Å². The first-order chi connectivity index (χ1) is 11.8. The van der Waals surface area contributed by atoms with Gasteiger partial charge >= 0.3 is 0 Å². The Morgan fingerprint density at radius 1 is 1.12 bits per heavy atom. The third kappa shape index (κ3) is 6.16. The van der Waals surface area contributed by atoms with Gasteiger partial charge in [-0.2, -0.15) is 0 Å². The van der Waals surface area contributed by atoms with Crippen molar-refractivity contribution in [3.05, 3.63) is 70.2 Å². The smallest absolute Gasteiger partial charge is 0.253 e. The Morgan fingerprint density at radius 2 is 1.72 bits per heavy atom. The number of nitrogens with one attached hydrogen (secondary N) is 1. The number of amides is 1. The molecule has 0 aliphatic carbocycles. The molecule has 0 aromatic heterocycles. The highest BCUT2D eigenvalue weighted by Gasteiger charge is 2.19. The van der Waals surface area contributed by atoms with E-state index in [2.05, 4.69) is 17.4 Å². The first kappa shape index (κ1) is 19.4. The lowest BCUT2D eigenvalue weighted by molar-refractivity contribution is -0.130. The van der Waals surface area contributed by atoms with Gasteiger partial charge in [0.2, 0.25) is 0 Å². The van der Waals surface area contributed by atoms with Gasteiger partial charge in [0.25, 0.3) is 5.91 Å². The lowest BCUT2D eigenvalue weighted by Gasteiger charge is -2.17. The molecule has 2 aromatic rings. The second kappa shape index (κ2) is 8.99. The molecule has 4 N–H and O–H groups in total. The zero-order valence-corrected chi connectivity index (χ0v) is 15.3. The van der Waals surface area contributed by atoms with E-state index in [4.69, 9.17) is 17.3 Å². The van der Waals surface area contributed by atoms with Crippen LogP contribution in [0, 0.1) is 0 Å². The molecule has 25 heavy (non-hydrogen) atoms. The van der Waals surface area contributed by atoms with Crippen molar-refractivity contribution in [2.75, 3.05) is 0 Å². The monoisotopic (exact) mass is 360 g/mol. The van der Waals surface area contributed by atoms with E-state index in [-0.39, 0.29) is 12.1 Å². The first-order valence-electron chi connectivity index (χ1n) is 8.42. The number of aliphatic hydroxyl groups is 1. The molecular weight excluding hydrogens is 336 g/mol. The van der Waals surface area contributed by atoms with Gasteiger partial charge in [0.1, 0.15) is 0 Å². The summed E-state index contributed by atoms with van der Waals surface area (Å²) in [5.41, 5.74) is 8.61. The van der Waals surface area contributed by atoms with E-state index in [0.29, 0.717) is 17.0 Å². The van der Waals surface area contributed by atoms with E-state index in [0.717, 1.165) is 12.0 Å². The van der Waals surface area contributed by atoms with Gasteiger partial charge < -0.3 is 16.2 Å². The molecule has 0 saturated heterocycles. The summed E-state index contributed by atoms with van der Waals surface area (Å²) in [5.74, 6) is -0.427. The zero-order chi connectivity index (χ0) is 18.4. The molecule has 0 fully saturated rings. The summed E-state index contributed by atoms with van der Waals surface area (Å²) in [5, 5.41) is 13.5. The van der Waals surface area contributed by atoms with Crippen molar-refractivity contribution >= 4 is 17.5 Å². The van der Waals surface area contributed by atoms with E-state index in [1.165, 1.54) is 5.56 Å². The van der Waals surface area contributed by atoms with Crippen LogP contribution in [0.4, 0.5) is 0 Å². The molecule has 1 amide bonds. The Kier molecular flexibility index (Phi) is 7.00. The quantitative estimate of drug-likeness (QED) is 0.710. The summed E-state index contributed by atoms with van der Waals surface area (Å²) < 4.78 is 0. The fourth-order valence-corrected chi connectivity index (χ4v) is 2.94. The number of hydrogen-bond donors (Lipinski definition) is 3. The molecule has 3 atom stereocenters. The summed E-state index contributed by atoms with van der Waals surface area (Å²) in [7, 11) is 0. The normalized spacial score (nSPS) is 14.6. The van der Waals surface area contributed by atoms with Gasteiger partial charge in [-0.25, -0.2) is 0 Å². The average Bonchev–Trinajstić information content (AvgIpc) is 2.55. The van der Waals surface area contributed by atoms with E-state index >= 15 is 0 Å². The Morgan fingerprint density at radius 3 is 2.28 bits per heavy atom. The lowest BCUT2D eigenvalue weighted by Crippen LogP contribution is -2.37. The minimum Gasteiger partial charge on any atom is -0.378 e. The summed E-state index contributed by atoms with van der Waals surface area (Å²) in [4.78, 5) is 12.2. The van der Waals surface area contributed by atoms with Gasteiger partial charge in [-0.05, 0) is 55.5 Å². The van der Waals surface area contributed by atoms with Gasteiger partial charge in [0, 0.05) is 17.1 Å². The van der Waals surface area contributed by atoms with Gasteiger partial charge in [0.05, 0.1) is 0 Å². The molecule has 0 saturated carbocycles. The predicted molar refractivity (Wildman–Crippen MR) is 102 cm³/mol. The molecule has 0 spiro atoms. The maximum atomic E-state index is 12.2. The second-order valence-corrected chi connectivity index (χ2v) is 7.01. The second-order valence-electron chi connectivity index (χ2n) is 6.57. The molecule has 4 nitrogen and oxygen atoms in total. The number of carbonyl (C=O) groups is 1. The number of benzene rings is 2. The molecule has 134 valence electrons. The molecule has 0 unspecified atom stereocenters. The number of aliphatic hydroxyl groups excluding tert-OH is 1. The van der Waals surface area contributed by atoms with Crippen molar-refractivity contribution in [3.8, 4) is 0 Å². The third-order valence-corrected chi connectivity index (χ3v) is 4.16. The summed E-state index contributed by atoms with van der Waals surface area (Å²) in [6.45, 7) is 3.90. The lowest BCUT2D eigenvalue weighted by atomic mass is 10.0. The van der Waals surface area contributed by atoms with E-state index < -0.39 is 12.0 Å². The van der Waals surface area contributed by atoms with E-state index in [1.54, 1.807) is 24.3 Å². The van der Waals surface area contributed by atoms with Crippen LogP contribution in [0.3, 0.4) is 0 Å². The highest BCUT2D eigenvalue weighted by molar-refractivity contribution is 6.30. The van der Waals surface area contributed by atoms with Crippen molar-refractivity contribution in [2.24, 2.45) is 5.73 Å². The standard InChI is InChI=1S/C20H25ClN2O2/c1-13(22)10-15-6-8-16(9-7-15)11-14(2)23-20(25)19(24)17-4-3-5-18(21)12-17/h3-9,12-14,19,24H,10-11,22H2,1-2H3,(H,23,25)/t13-,14-,19-/m1/s1. The van der Waals surface area contributed by atoms with Crippen LogP contribution in [0.1, 0.15) is 36.6 Å².